The highest BCUT2D eigenvalue weighted by Gasteiger charge is 2.18. The van der Waals surface area contributed by atoms with Gasteiger partial charge in [-0.05, 0) is 12.1 Å². The van der Waals surface area contributed by atoms with Gasteiger partial charge in [0.2, 0.25) is 0 Å². The number of nitrogens with zero attached hydrogens (tertiary/aromatic N) is 1. The maximum absolute atomic E-state index is 12.1. The molecule has 0 aliphatic rings. The molecule has 0 aliphatic carbocycles. The summed E-state index contributed by atoms with van der Waals surface area (Å²) in [7, 11) is 0. The molecule has 6 heteroatoms. The van der Waals surface area contributed by atoms with Crippen LogP contribution in [-0.4, -0.2) is 15.9 Å². The molecule has 0 spiro atoms. The van der Waals surface area contributed by atoms with Crippen molar-refractivity contribution in [3.8, 4) is 0 Å². The Morgan fingerprint density at radius 3 is 2.79 bits per heavy atom. The third-order valence-electron chi connectivity index (χ3n) is 2.56. The van der Waals surface area contributed by atoms with Crippen molar-refractivity contribution >= 4 is 34.6 Å². The zero-order chi connectivity index (χ0) is 14.0. The number of rotatable bonds is 2. The number of thiazole rings is 1. The molecule has 2 N–H and O–H groups in total. The molecule has 2 aromatic heterocycles. The fourth-order valence-electron chi connectivity index (χ4n) is 1.44. The van der Waals surface area contributed by atoms with Crippen molar-refractivity contribution < 1.29 is 4.79 Å². The number of carbonyl (C=O) groups excluding carboxylic acids is 1. The van der Waals surface area contributed by atoms with Gasteiger partial charge in [0.1, 0.15) is 4.64 Å². The van der Waals surface area contributed by atoms with Gasteiger partial charge in [-0.3, -0.25) is 10.1 Å². The third-order valence-corrected chi connectivity index (χ3v) is 3.65. The van der Waals surface area contributed by atoms with Gasteiger partial charge < -0.3 is 4.98 Å². The second-order valence-corrected chi connectivity index (χ2v) is 6.42. The van der Waals surface area contributed by atoms with Crippen LogP contribution in [0.5, 0.6) is 0 Å². The van der Waals surface area contributed by atoms with E-state index in [0.29, 0.717) is 15.3 Å². The molecule has 2 aromatic rings. The molecular weight excluding hydrogens is 278 g/mol. The van der Waals surface area contributed by atoms with Crippen molar-refractivity contribution in [2.75, 3.05) is 5.32 Å². The molecule has 19 heavy (non-hydrogen) atoms. The van der Waals surface area contributed by atoms with Crippen LogP contribution in [0.2, 0.25) is 0 Å². The first-order valence-electron chi connectivity index (χ1n) is 5.83. The van der Waals surface area contributed by atoms with Crippen molar-refractivity contribution in [3.63, 3.8) is 0 Å². The van der Waals surface area contributed by atoms with Gasteiger partial charge in [0, 0.05) is 17.0 Å². The molecule has 2 heterocycles. The Kier molecular flexibility index (Phi) is 3.82. The molecule has 1 amide bonds. The molecule has 0 unspecified atom stereocenters. The number of aromatic nitrogens is 2. The second kappa shape index (κ2) is 5.22. The first-order chi connectivity index (χ1) is 8.88. The van der Waals surface area contributed by atoms with Gasteiger partial charge in [0.05, 0.1) is 11.3 Å². The Morgan fingerprint density at radius 2 is 2.21 bits per heavy atom. The monoisotopic (exact) mass is 293 g/mol. The summed E-state index contributed by atoms with van der Waals surface area (Å²) in [5.74, 6) is -0.239. The minimum Gasteiger partial charge on any atom is -0.352 e. The first kappa shape index (κ1) is 13.9. The van der Waals surface area contributed by atoms with Crippen LogP contribution in [0, 0.1) is 4.64 Å². The number of nitrogens with one attached hydrogen (secondary N) is 2. The van der Waals surface area contributed by atoms with E-state index in [1.54, 1.807) is 18.3 Å². The minimum atomic E-state index is -0.239. The van der Waals surface area contributed by atoms with E-state index in [9.17, 15) is 4.79 Å². The highest BCUT2D eigenvalue weighted by Crippen LogP contribution is 2.26. The molecule has 2 rings (SSSR count). The largest absolute Gasteiger partial charge is 0.352 e. The number of carbonyl (C=O) groups is 1. The van der Waals surface area contributed by atoms with E-state index in [4.69, 9.17) is 12.2 Å². The average Bonchev–Trinajstić information content (AvgIpc) is 2.77. The van der Waals surface area contributed by atoms with Crippen LogP contribution in [-0.2, 0) is 5.41 Å². The molecule has 0 aliphatic heterocycles. The van der Waals surface area contributed by atoms with Gasteiger partial charge in [-0.15, -0.1) is 11.3 Å². The van der Waals surface area contributed by atoms with Gasteiger partial charge >= 0.3 is 0 Å². The summed E-state index contributed by atoms with van der Waals surface area (Å²) in [6, 6.07) is 3.43. The normalized spacial score (nSPS) is 11.3. The SMILES string of the molecule is CC(C)(C)c1csc(NC(=O)c2ccc[nH]c2=S)n1. The number of amides is 1. The predicted octanol–water partition coefficient (Wildman–Crippen LogP) is 3.75. The molecule has 0 fully saturated rings. The predicted molar refractivity (Wildman–Crippen MR) is 80.4 cm³/mol. The zero-order valence-corrected chi connectivity index (χ0v) is 12.6. The summed E-state index contributed by atoms with van der Waals surface area (Å²) in [6.07, 6.45) is 1.69. The quantitative estimate of drug-likeness (QED) is 0.829. The molecule has 0 bridgehead atoms. The first-order valence-corrected chi connectivity index (χ1v) is 7.12. The lowest BCUT2D eigenvalue weighted by atomic mass is 9.93. The molecule has 100 valence electrons. The number of anilines is 1. The van der Waals surface area contributed by atoms with Crippen molar-refractivity contribution in [3.05, 3.63) is 39.6 Å². The Hall–Kier alpha value is -1.53. The molecule has 0 atom stereocenters. The fraction of sp³-hybridized carbons (Fsp3) is 0.308. The Bertz CT molecular complexity index is 652. The maximum Gasteiger partial charge on any atom is 0.260 e. The van der Waals surface area contributed by atoms with Crippen LogP contribution in [0.4, 0.5) is 5.13 Å². The Labute approximate surface area is 120 Å². The lowest BCUT2D eigenvalue weighted by Gasteiger charge is -2.14. The Balaban J connectivity index is 2.19. The standard InChI is InChI=1S/C13H15N3OS2/c1-13(2,3)9-7-19-12(15-9)16-10(17)8-5-4-6-14-11(8)18/h4-7H,1-3H3,(H,14,18)(H,15,16,17). The lowest BCUT2D eigenvalue weighted by molar-refractivity contribution is 0.102. The van der Waals surface area contributed by atoms with Crippen molar-refractivity contribution in [2.45, 2.75) is 26.2 Å². The van der Waals surface area contributed by atoms with Crippen LogP contribution in [0.3, 0.4) is 0 Å². The van der Waals surface area contributed by atoms with E-state index in [0.717, 1.165) is 5.69 Å². The Morgan fingerprint density at radius 1 is 1.47 bits per heavy atom. The van der Waals surface area contributed by atoms with Crippen LogP contribution in [0.1, 0.15) is 36.8 Å². The van der Waals surface area contributed by atoms with E-state index in [2.05, 4.69) is 36.1 Å². The van der Waals surface area contributed by atoms with Gasteiger partial charge in [0.15, 0.2) is 5.13 Å². The highest BCUT2D eigenvalue weighted by atomic mass is 32.1. The number of hydrogen-bond acceptors (Lipinski definition) is 4. The summed E-state index contributed by atoms with van der Waals surface area (Å²) in [5.41, 5.74) is 1.39. The zero-order valence-electron chi connectivity index (χ0n) is 11.0. The third kappa shape index (κ3) is 3.27. The summed E-state index contributed by atoms with van der Waals surface area (Å²) in [4.78, 5) is 19.3. The van der Waals surface area contributed by atoms with E-state index in [-0.39, 0.29) is 11.3 Å². The molecule has 4 nitrogen and oxygen atoms in total. The van der Waals surface area contributed by atoms with Crippen LogP contribution in [0.25, 0.3) is 0 Å². The molecule has 0 saturated carbocycles. The second-order valence-electron chi connectivity index (χ2n) is 5.15. The smallest absolute Gasteiger partial charge is 0.260 e. The lowest BCUT2D eigenvalue weighted by Crippen LogP contribution is -2.14. The number of H-pyrrole nitrogens is 1. The topological polar surface area (TPSA) is 57.8 Å². The van der Waals surface area contributed by atoms with Gasteiger partial charge in [-0.1, -0.05) is 33.0 Å². The van der Waals surface area contributed by atoms with E-state index in [1.165, 1.54) is 11.3 Å². The number of pyridine rings is 1. The summed E-state index contributed by atoms with van der Waals surface area (Å²) in [5, 5.41) is 5.32. The van der Waals surface area contributed by atoms with Crippen LogP contribution < -0.4 is 5.32 Å². The van der Waals surface area contributed by atoms with E-state index < -0.39 is 0 Å². The summed E-state index contributed by atoms with van der Waals surface area (Å²) < 4.78 is 0.424. The van der Waals surface area contributed by atoms with Gasteiger partial charge in [-0.2, -0.15) is 0 Å². The highest BCUT2D eigenvalue weighted by molar-refractivity contribution is 7.71. The van der Waals surface area contributed by atoms with Gasteiger partial charge in [0.25, 0.3) is 5.91 Å². The average molecular weight is 293 g/mol. The molecular formula is C13H15N3OS2. The van der Waals surface area contributed by atoms with Crippen molar-refractivity contribution in [2.24, 2.45) is 0 Å². The summed E-state index contributed by atoms with van der Waals surface area (Å²) >= 11 is 6.49. The van der Waals surface area contributed by atoms with E-state index in [1.807, 2.05) is 5.38 Å². The minimum absolute atomic E-state index is 0.0246. The number of hydrogen-bond donors (Lipinski definition) is 2. The number of aromatic amines is 1. The van der Waals surface area contributed by atoms with E-state index >= 15 is 0 Å². The van der Waals surface area contributed by atoms with Crippen molar-refractivity contribution in [1.29, 1.82) is 0 Å². The van der Waals surface area contributed by atoms with Crippen LogP contribution >= 0.6 is 23.6 Å². The summed E-state index contributed by atoms with van der Waals surface area (Å²) in [6.45, 7) is 6.25. The van der Waals surface area contributed by atoms with Gasteiger partial charge in [-0.25, -0.2) is 4.98 Å². The fourth-order valence-corrected chi connectivity index (χ4v) is 2.60. The van der Waals surface area contributed by atoms with Crippen LogP contribution in [0.15, 0.2) is 23.7 Å². The molecule has 0 saturated heterocycles. The maximum atomic E-state index is 12.1. The van der Waals surface area contributed by atoms with Crippen molar-refractivity contribution in [1.82, 2.24) is 9.97 Å². The molecule has 0 aromatic carbocycles. The molecule has 0 radical (unpaired) electrons.